The van der Waals surface area contributed by atoms with Crippen LogP contribution in [0.1, 0.15) is 66.2 Å². The highest BCUT2D eigenvalue weighted by Crippen LogP contribution is 2.34. The number of carbonyl (C=O) groups is 2. The highest BCUT2D eigenvalue weighted by Gasteiger charge is 2.24. The molecule has 194 valence electrons. The Hall–Kier alpha value is -3.56. The summed E-state index contributed by atoms with van der Waals surface area (Å²) >= 11 is 6.09. The fourth-order valence-corrected chi connectivity index (χ4v) is 4.70. The van der Waals surface area contributed by atoms with E-state index < -0.39 is 17.8 Å². The Kier molecular flexibility index (Phi) is 8.35. The molecule has 5 N–H and O–H groups in total. The summed E-state index contributed by atoms with van der Waals surface area (Å²) in [6, 6.07) is 10.4. The molecule has 0 unspecified atom stereocenters. The number of nitrogens with one attached hydrogen (secondary N) is 2. The van der Waals surface area contributed by atoms with Gasteiger partial charge in [0.25, 0.3) is 5.91 Å². The van der Waals surface area contributed by atoms with Crippen molar-refractivity contribution in [1.82, 2.24) is 20.6 Å². The predicted molar refractivity (Wildman–Crippen MR) is 139 cm³/mol. The van der Waals surface area contributed by atoms with E-state index in [2.05, 4.69) is 20.6 Å². The average Bonchev–Trinajstić information content (AvgIpc) is 2.87. The third-order valence-electron chi connectivity index (χ3n) is 6.53. The number of aliphatic hydroxyl groups excluding tert-OH is 1. The second kappa shape index (κ2) is 11.7. The molecule has 3 aromatic rings. The van der Waals surface area contributed by atoms with E-state index in [1.165, 1.54) is 19.1 Å². The molecule has 2 aromatic carbocycles. The summed E-state index contributed by atoms with van der Waals surface area (Å²) in [5.41, 5.74) is 8.06. The molecule has 1 fully saturated rings. The molecule has 37 heavy (non-hydrogen) atoms. The van der Waals surface area contributed by atoms with Crippen molar-refractivity contribution >= 4 is 29.2 Å². The number of carbonyl (C=O) groups excluding carboxylic acids is 2. The van der Waals surface area contributed by atoms with Crippen LogP contribution in [0.3, 0.4) is 0 Å². The molecule has 1 saturated carbocycles. The Labute approximate surface area is 219 Å². The quantitative estimate of drug-likeness (QED) is 0.367. The number of hydrogen-bond donors (Lipinski definition) is 4. The van der Waals surface area contributed by atoms with E-state index in [1.54, 1.807) is 36.5 Å². The van der Waals surface area contributed by atoms with Gasteiger partial charge in [-0.25, -0.2) is 14.4 Å². The summed E-state index contributed by atoms with van der Waals surface area (Å²) < 4.78 is 15.2. The SMILES string of the molecule is CC(=O)NC[C@@H](NC(=O)c1ccc(-c2nc(C3CCC(O)CC3)cnc2N)cc1F)c1cccc(Cl)c1. The Balaban J connectivity index is 1.55. The second-order valence-corrected chi connectivity index (χ2v) is 9.68. The maximum absolute atomic E-state index is 15.2. The highest BCUT2D eigenvalue weighted by molar-refractivity contribution is 6.30. The molecule has 10 heteroatoms. The van der Waals surface area contributed by atoms with E-state index in [-0.39, 0.29) is 35.9 Å². The van der Waals surface area contributed by atoms with Gasteiger partial charge in [0.05, 0.1) is 29.6 Å². The number of nitrogens with two attached hydrogens (primary N) is 1. The molecule has 1 aliphatic carbocycles. The first-order valence-electron chi connectivity index (χ1n) is 12.1. The van der Waals surface area contributed by atoms with Crippen molar-refractivity contribution in [3.63, 3.8) is 0 Å². The van der Waals surface area contributed by atoms with E-state index in [4.69, 9.17) is 17.3 Å². The first-order chi connectivity index (χ1) is 17.7. The summed E-state index contributed by atoms with van der Waals surface area (Å²) in [5, 5.41) is 15.7. The van der Waals surface area contributed by atoms with Crippen LogP contribution in [0.4, 0.5) is 10.2 Å². The van der Waals surface area contributed by atoms with Crippen LogP contribution < -0.4 is 16.4 Å². The maximum atomic E-state index is 15.2. The van der Waals surface area contributed by atoms with Crippen molar-refractivity contribution in [2.45, 2.75) is 50.7 Å². The van der Waals surface area contributed by atoms with Crippen LogP contribution in [0.2, 0.25) is 5.02 Å². The van der Waals surface area contributed by atoms with Crippen molar-refractivity contribution in [2.75, 3.05) is 12.3 Å². The van der Waals surface area contributed by atoms with Crippen LogP contribution in [0.25, 0.3) is 11.3 Å². The number of benzene rings is 2. The number of anilines is 1. The minimum atomic E-state index is -0.744. The molecular weight excluding hydrogens is 497 g/mol. The van der Waals surface area contributed by atoms with Crippen molar-refractivity contribution in [3.8, 4) is 11.3 Å². The fourth-order valence-electron chi connectivity index (χ4n) is 4.50. The average molecular weight is 526 g/mol. The molecule has 1 heterocycles. The summed E-state index contributed by atoms with van der Waals surface area (Å²) in [4.78, 5) is 33.4. The number of aromatic nitrogens is 2. The number of nitrogen functional groups attached to an aromatic ring is 1. The number of aliphatic hydroxyl groups is 1. The monoisotopic (exact) mass is 525 g/mol. The van der Waals surface area contributed by atoms with Crippen LogP contribution in [-0.4, -0.2) is 39.5 Å². The van der Waals surface area contributed by atoms with Gasteiger partial charge < -0.3 is 21.5 Å². The lowest BCUT2D eigenvalue weighted by molar-refractivity contribution is -0.119. The molecule has 0 aliphatic heterocycles. The van der Waals surface area contributed by atoms with Gasteiger partial charge in [-0.2, -0.15) is 0 Å². The van der Waals surface area contributed by atoms with Gasteiger partial charge in [-0.15, -0.1) is 0 Å². The van der Waals surface area contributed by atoms with Gasteiger partial charge in [0.1, 0.15) is 17.3 Å². The Morgan fingerprint density at radius 3 is 2.62 bits per heavy atom. The lowest BCUT2D eigenvalue weighted by Gasteiger charge is -2.25. The maximum Gasteiger partial charge on any atom is 0.254 e. The molecule has 0 radical (unpaired) electrons. The Bertz CT molecular complexity index is 1300. The number of amides is 2. The summed E-state index contributed by atoms with van der Waals surface area (Å²) in [7, 11) is 0. The summed E-state index contributed by atoms with van der Waals surface area (Å²) in [6.45, 7) is 1.48. The van der Waals surface area contributed by atoms with Gasteiger partial charge in [-0.1, -0.05) is 29.8 Å². The number of nitrogens with zero attached hydrogens (tertiary/aromatic N) is 2. The lowest BCUT2D eigenvalue weighted by Crippen LogP contribution is -2.37. The smallest absolute Gasteiger partial charge is 0.254 e. The number of halogens is 2. The van der Waals surface area contributed by atoms with Crippen LogP contribution in [0.5, 0.6) is 0 Å². The highest BCUT2D eigenvalue weighted by atomic mass is 35.5. The molecule has 0 spiro atoms. The van der Waals surface area contributed by atoms with Gasteiger partial charge >= 0.3 is 0 Å². The van der Waals surface area contributed by atoms with Crippen molar-refractivity contribution in [2.24, 2.45) is 0 Å². The van der Waals surface area contributed by atoms with Crippen LogP contribution in [0, 0.1) is 5.82 Å². The van der Waals surface area contributed by atoms with E-state index in [0.29, 0.717) is 34.7 Å². The molecule has 0 bridgehead atoms. The number of hydrogen-bond acceptors (Lipinski definition) is 6. The van der Waals surface area contributed by atoms with E-state index in [9.17, 15) is 14.7 Å². The van der Waals surface area contributed by atoms with Crippen molar-refractivity contribution in [3.05, 3.63) is 76.3 Å². The minimum absolute atomic E-state index is 0.109. The second-order valence-electron chi connectivity index (χ2n) is 9.25. The standard InChI is InChI=1S/C27H29ClFN5O3/c1-15(35)31-13-24(17-3-2-4-19(28)11-17)34-27(37)21-10-7-18(12-22(21)29)25-26(30)32-14-23(33-25)16-5-8-20(36)9-6-16/h2-4,7,10-12,14,16,20,24,36H,5-6,8-9,13H2,1H3,(H2,30,32)(H,31,35)(H,34,37)/t16?,20?,24-/m1/s1. The molecule has 1 aliphatic rings. The molecule has 8 nitrogen and oxygen atoms in total. The third-order valence-corrected chi connectivity index (χ3v) is 6.77. The van der Waals surface area contributed by atoms with Crippen molar-refractivity contribution < 1.29 is 19.1 Å². The lowest BCUT2D eigenvalue weighted by atomic mass is 9.85. The fraction of sp³-hybridized carbons (Fsp3) is 0.333. The topological polar surface area (TPSA) is 130 Å². The van der Waals surface area contributed by atoms with E-state index >= 15 is 4.39 Å². The Morgan fingerprint density at radius 1 is 1.19 bits per heavy atom. The summed E-state index contributed by atoms with van der Waals surface area (Å²) in [5.74, 6) is -1.34. The van der Waals surface area contributed by atoms with Crippen LogP contribution in [-0.2, 0) is 4.79 Å². The minimum Gasteiger partial charge on any atom is -0.393 e. The van der Waals surface area contributed by atoms with E-state index in [0.717, 1.165) is 18.5 Å². The molecule has 4 rings (SSSR count). The molecule has 1 atom stereocenters. The van der Waals surface area contributed by atoms with Gasteiger partial charge in [0, 0.05) is 30.0 Å². The van der Waals surface area contributed by atoms with E-state index in [1.807, 2.05) is 0 Å². The zero-order chi connectivity index (χ0) is 26.5. The molecular formula is C27H29ClFN5O3. The van der Waals surface area contributed by atoms with Crippen molar-refractivity contribution in [1.29, 1.82) is 0 Å². The van der Waals surface area contributed by atoms with Gasteiger partial charge in [-0.3, -0.25) is 9.59 Å². The summed E-state index contributed by atoms with van der Waals surface area (Å²) in [6.07, 6.45) is 4.31. The third kappa shape index (κ3) is 6.61. The largest absolute Gasteiger partial charge is 0.393 e. The normalized spacial score (nSPS) is 18.2. The zero-order valence-corrected chi connectivity index (χ0v) is 21.1. The van der Waals surface area contributed by atoms with Gasteiger partial charge in [0.2, 0.25) is 5.91 Å². The first-order valence-corrected chi connectivity index (χ1v) is 12.5. The van der Waals surface area contributed by atoms with Gasteiger partial charge in [-0.05, 0) is 55.5 Å². The van der Waals surface area contributed by atoms with Crippen LogP contribution >= 0.6 is 11.6 Å². The Morgan fingerprint density at radius 2 is 1.95 bits per heavy atom. The van der Waals surface area contributed by atoms with Gasteiger partial charge in [0.15, 0.2) is 0 Å². The molecule has 2 amide bonds. The zero-order valence-electron chi connectivity index (χ0n) is 20.4. The molecule has 1 aromatic heterocycles. The van der Waals surface area contributed by atoms with Crippen LogP contribution in [0.15, 0.2) is 48.7 Å². The predicted octanol–water partition coefficient (Wildman–Crippen LogP) is 4.14. The first kappa shape index (κ1) is 26.5. The number of rotatable bonds is 7. The molecule has 0 saturated heterocycles.